The van der Waals surface area contributed by atoms with Crippen molar-refractivity contribution in [2.75, 3.05) is 6.61 Å². The van der Waals surface area contributed by atoms with Gasteiger partial charge < -0.3 is 9.30 Å². The molecule has 158 valence electrons. The van der Waals surface area contributed by atoms with Gasteiger partial charge in [-0.3, -0.25) is 4.79 Å². The molecule has 4 rings (SSSR count). The summed E-state index contributed by atoms with van der Waals surface area (Å²) < 4.78 is 8.28. The molecule has 1 aromatic carbocycles. The molecule has 0 aliphatic rings. The van der Waals surface area contributed by atoms with E-state index in [4.69, 9.17) is 16.3 Å². The lowest BCUT2D eigenvalue weighted by molar-refractivity contribution is -0.121. The number of fused-ring (bicyclic) bond motifs is 1. The predicted octanol–water partition coefficient (Wildman–Crippen LogP) is 2.59. The van der Waals surface area contributed by atoms with E-state index in [1.165, 1.54) is 15.9 Å². The Morgan fingerprint density at radius 3 is 2.84 bits per heavy atom. The second-order valence-corrected chi connectivity index (χ2v) is 7.95. The van der Waals surface area contributed by atoms with Crippen molar-refractivity contribution in [1.29, 1.82) is 0 Å². The van der Waals surface area contributed by atoms with Crippen molar-refractivity contribution in [2.24, 2.45) is 4.99 Å². The molecule has 3 aromatic heterocycles. The maximum atomic E-state index is 12.3. The number of amides is 1. The first kappa shape index (κ1) is 20.9. The van der Waals surface area contributed by atoms with Crippen molar-refractivity contribution in [3.05, 3.63) is 74.5 Å². The van der Waals surface area contributed by atoms with Crippen LogP contribution in [0.5, 0.6) is 0 Å². The molecule has 31 heavy (non-hydrogen) atoms. The first-order chi connectivity index (χ1) is 14.9. The van der Waals surface area contributed by atoms with Gasteiger partial charge in [0.05, 0.1) is 6.54 Å². The molecule has 0 saturated carbocycles. The van der Waals surface area contributed by atoms with E-state index in [-0.39, 0.29) is 5.82 Å². The average molecular weight is 457 g/mol. The molecule has 0 spiro atoms. The van der Waals surface area contributed by atoms with Gasteiger partial charge in [-0.1, -0.05) is 29.8 Å². The second-order valence-electron chi connectivity index (χ2n) is 6.67. The Morgan fingerprint density at radius 1 is 1.23 bits per heavy atom. The van der Waals surface area contributed by atoms with E-state index >= 15 is 0 Å². The van der Waals surface area contributed by atoms with Gasteiger partial charge >= 0.3 is 5.97 Å². The molecule has 4 aromatic rings. The average Bonchev–Trinajstić information content (AvgIpc) is 3.35. The molecule has 0 atom stereocenters. The number of aromatic nitrogens is 5. The summed E-state index contributed by atoms with van der Waals surface area (Å²) in [6, 6.07) is 9.26. The highest BCUT2D eigenvalue weighted by Gasteiger charge is 2.17. The fourth-order valence-electron chi connectivity index (χ4n) is 2.90. The van der Waals surface area contributed by atoms with Gasteiger partial charge in [-0.05, 0) is 31.5 Å². The van der Waals surface area contributed by atoms with Gasteiger partial charge in [0.1, 0.15) is 0 Å². The quantitative estimate of drug-likeness (QED) is 0.427. The van der Waals surface area contributed by atoms with Crippen molar-refractivity contribution in [3.8, 4) is 0 Å². The maximum Gasteiger partial charge on any atom is 0.378 e. The molecular weight excluding hydrogens is 440 g/mol. The summed E-state index contributed by atoms with van der Waals surface area (Å²) in [5, 5.41) is 6.53. The number of benzene rings is 1. The number of aryl methyl sites for hydroxylation is 2. The minimum Gasteiger partial charge on any atom is -0.450 e. The van der Waals surface area contributed by atoms with E-state index in [2.05, 4.69) is 20.1 Å². The topological polar surface area (TPSA) is 104 Å². The zero-order valence-corrected chi connectivity index (χ0v) is 18.2. The van der Waals surface area contributed by atoms with Gasteiger partial charge in [0.15, 0.2) is 11.4 Å². The number of nitrogens with zero attached hydrogens (tertiary/aromatic N) is 6. The molecule has 9 nitrogen and oxygen atoms in total. The molecular formula is C20H17ClN6O3S. The standard InChI is InChI=1S/C20H17ClN6O3S/c1-12-9-13(2)27-19(22-12)24-17(25-27)18(29)30-11-16(28)23-20-26(7-8-31-20)10-14-5-3-4-6-15(14)21/h3-9H,10-11H2,1-2H3. The zero-order chi connectivity index (χ0) is 22.0. The number of carbonyl (C=O) groups is 2. The Hall–Kier alpha value is -3.37. The van der Waals surface area contributed by atoms with Crippen molar-refractivity contribution < 1.29 is 14.3 Å². The Balaban J connectivity index is 1.45. The number of ether oxygens (including phenoxy) is 1. The van der Waals surface area contributed by atoms with Crippen LogP contribution in [-0.2, 0) is 16.1 Å². The largest absolute Gasteiger partial charge is 0.450 e. The lowest BCUT2D eigenvalue weighted by atomic mass is 10.2. The zero-order valence-electron chi connectivity index (χ0n) is 16.6. The molecule has 3 heterocycles. The Labute approximate surface area is 185 Å². The summed E-state index contributed by atoms with van der Waals surface area (Å²) >= 11 is 7.50. The molecule has 0 saturated heterocycles. The lowest BCUT2D eigenvalue weighted by Crippen LogP contribution is -2.20. The van der Waals surface area contributed by atoms with Crippen LogP contribution in [0.3, 0.4) is 0 Å². The minimum absolute atomic E-state index is 0.168. The number of rotatable bonds is 5. The van der Waals surface area contributed by atoms with Gasteiger partial charge in [0.25, 0.3) is 17.5 Å². The summed E-state index contributed by atoms with van der Waals surface area (Å²) in [6.45, 7) is 3.59. The molecule has 0 bridgehead atoms. The fourth-order valence-corrected chi connectivity index (χ4v) is 3.84. The van der Waals surface area contributed by atoms with Gasteiger partial charge in [0.2, 0.25) is 0 Å². The van der Waals surface area contributed by atoms with E-state index in [1.54, 1.807) is 10.6 Å². The Morgan fingerprint density at radius 2 is 2.03 bits per heavy atom. The third-order valence-electron chi connectivity index (χ3n) is 4.31. The van der Waals surface area contributed by atoms with Crippen molar-refractivity contribution in [1.82, 2.24) is 24.1 Å². The molecule has 0 unspecified atom stereocenters. The van der Waals surface area contributed by atoms with Crippen LogP contribution < -0.4 is 4.80 Å². The summed E-state index contributed by atoms with van der Waals surface area (Å²) in [7, 11) is 0. The summed E-state index contributed by atoms with van der Waals surface area (Å²) in [5.74, 6) is -1.29. The molecule has 11 heteroatoms. The lowest BCUT2D eigenvalue weighted by Gasteiger charge is -2.05. The Kier molecular flexibility index (Phi) is 5.92. The van der Waals surface area contributed by atoms with Crippen LogP contribution in [0, 0.1) is 13.8 Å². The van der Waals surface area contributed by atoms with Crippen LogP contribution in [0.1, 0.15) is 27.6 Å². The molecule has 0 radical (unpaired) electrons. The van der Waals surface area contributed by atoms with E-state index in [0.717, 1.165) is 17.0 Å². The van der Waals surface area contributed by atoms with E-state index in [9.17, 15) is 9.59 Å². The van der Waals surface area contributed by atoms with E-state index in [0.29, 0.717) is 22.1 Å². The SMILES string of the molecule is Cc1cc(C)n2nc(C(=O)OCC(=O)N=c3sccn3Cc3ccccc3Cl)nc2n1. The van der Waals surface area contributed by atoms with Gasteiger partial charge in [0, 0.05) is 28.0 Å². The van der Waals surface area contributed by atoms with E-state index < -0.39 is 18.5 Å². The van der Waals surface area contributed by atoms with Crippen LogP contribution in [0.2, 0.25) is 5.02 Å². The fraction of sp³-hybridized carbons (Fsp3) is 0.200. The monoisotopic (exact) mass is 456 g/mol. The third kappa shape index (κ3) is 4.70. The summed E-state index contributed by atoms with van der Waals surface area (Å²) in [4.78, 5) is 37.3. The second kappa shape index (κ2) is 8.78. The van der Waals surface area contributed by atoms with Crippen LogP contribution >= 0.6 is 22.9 Å². The molecule has 1 amide bonds. The van der Waals surface area contributed by atoms with E-state index in [1.807, 2.05) is 49.7 Å². The number of hydrogen-bond acceptors (Lipinski definition) is 7. The smallest absolute Gasteiger partial charge is 0.378 e. The van der Waals surface area contributed by atoms with Crippen molar-refractivity contribution >= 4 is 40.6 Å². The third-order valence-corrected chi connectivity index (χ3v) is 5.47. The highest BCUT2D eigenvalue weighted by molar-refractivity contribution is 7.07. The van der Waals surface area contributed by atoms with Crippen LogP contribution in [0.25, 0.3) is 5.78 Å². The Bertz CT molecular complexity index is 1360. The molecule has 0 aliphatic carbocycles. The van der Waals surface area contributed by atoms with Crippen molar-refractivity contribution in [2.45, 2.75) is 20.4 Å². The first-order valence-corrected chi connectivity index (χ1v) is 10.5. The van der Waals surface area contributed by atoms with Crippen molar-refractivity contribution in [3.63, 3.8) is 0 Å². The van der Waals surface area contributed by atoms with Gasteiger partial charge in [-0.15, -0.1) is 16.4 Å². The molecule has 0 N–H and O–H groups in total. The van der Waals surface area contributed by atoms with Crippen LogP contribution in [0.4, 0.5) is 0 Å². The highest BCUT2D eigenvalue weighted by atomic mass is 35.5. The minimum atomic E-state index is -0.818. The molecule has 0 fully saturated rings. The van der Waals surface area contributed by atoms with Gasteiger partial charge in [-0.2, -0.15) is 9.98 Å². The maximum absolute atomic E-state index is 12.3. The first-order valence-electron chi connectivity index (χ1n) is 9.24. The highest BCUT2D eigenvalue weighted by Crippen LogP contribution is 2.15. The number of esters is 1. The normalized spacial score (nSPS) is 11.8. The number of hydrogen-bond donors (Lipinski definition) is 0. The number of halogens is 1. The molecule has 0 aliphatic heterocycles. The van der Waals surface area contributed by atoms with Gasteiger partial charge in [-0.25, -0.2) is 14.3 Å². The van der Waals surface area contributed by atoms with Crippen LogP contribution in [0.15, 0.2) is 46.9 Å². The number of thiazole rings is 1. The predicted molar refractivity (Wildman–Crippen MR) is 114 cm³/mol. The summed E-state index contributed by atoms with van der Waals surface area (Å²) in [6.07, 6.45) is 1.81. The number of carbonyl (C=O) groups excluding carboxylic acids is 2. The summed E-state index contributed by atoms with van der Waals surface area (Å²) in [5.41, 5.74) is 2.44. The van der Waals surface area contributed by atoms with Crippen LogP contribution in [-0.4, -0.2) is 42.6 Å².